The topological polar surface area (TPSA) is 63.7 Å². The lowest BCUT2D eigenvalue weighted by Gasteiger charge is -2.14. The molecule has 2 heterocycles. The number of amides is 1. The quantitative estimate of drug-likeness (QED) is 0.877. The van der Waals surface area contributed by atoms with Crippen LogP contribution in [0.15, 0.2) is 23.6 Å². The Labute approximate surface area is 139 Å². The van der Waals surface area contributed by atoms with Crippen molar-refractivity contribution in [2.24, 2.45) is 0 Å². The molecule has 0 fully saturated rings. The van der Waals surface area contributed by atoms with E-state index in [1.807, 2.05) is 25.2 Å². The number of thiazole rings is 1. The second kappa shape index (κ2) is 6.87. The van der Waals surface area contributed by atoms with Crippen LogP contribution < -0.4 is 14.8 Å². The summed E-state index contributed by atoms with van der Waals surface area (Å²) in [6, 6.07) is 5.60. The van der Waals surface area contributed by atoms with Crippen molar-refractivity contribution in [3.8, 4) is 11.5 Å². The molecule has 1 aromatic carbocycles. The fraction of sp³-hybridized carbons (Fsp3) is 0.375. The molecule has 1 aliphatic heterocycles. The Morgan fingerprint density at radius 3 is 3.04 bits per heavy atom. The van der Waals surface area contributed by atoms with Gasteiger partial charge in [-0.25, -0.2) is 4.98 Å². The molecule has 0 aliphatic carbocycles. The van der Waals surface area contributed by atoms with Crippen molar-refractivity contribution in [3.05, 3.63) is 29.3 Å². The van der Waals surface area contributed by atoms with E-state index in [1.54, 1.807) is 10.3 Å². The zero-order chi connectivity index (χ0) is 16.2. The van der Waals surface area contributed by atoms with Crippen LogP contribution in [0.4, 0.5) is 10.8 Å². The number of fused-ring (bicyclic) bond motifs is 1. The van der Waals surface area contributed by atoms with Gasteiger partial charge in [-0.05, 0) is 18.6 Å². The number of nitrogens with zero attached hydrogens (tertiary/aromatic N) is 2. The number of unbranched alkanes of at least 4 members (excludes halogenated alkanes) is 1. The van der Waals surface area contributed by atoms with Gasteiger partial charge in [0.15, 0.2) is 16.6 Å². The van der Waals surface area contributed by atoms with Gasteiger partial charge in [0.05, 0.1) is 0 Å². The number of benzene rings is 1. The highest BCUT2D eigenvalue weighted by molar-refractivity contribution is 7.14. The minimum atomic E-state index is -0.0477. The standard InChI is InChI=1S/C16H19N3O3S/c1-3-4-7-19(2)15(20)12-9-23-16(18-12)17-11-5-6-13-14(8-11)22-10-21-13/h5-6,8-9H,3-4,7,10H2,1-2H3,(H,17,18). The van der Waals surface area contributed by atoms with Crippen LogP contribution in [0.3, 0.4) is 0 Å². The summed E-state index contributed by atoms with van der Waals surface area (Å²) >= 11 is 1.41. The summed E-state index contributed by atoms with van der Waals surface area (Å²) in [5, 5.41) is 5.65. The predicted octanol–water partition coefficient (Wildman–Crippen LogP) is 3.49. The van der Waals surface area contributed by atoms with Crippen molar-refractivity contribution < 1.29 is 14.3 Å². The Morgan fingerprint density at radius 1 is 1.39 bits per heavy atom. The molecule has 6 nitrogen and oxygen atoms in total. The predicted molar refractivity (Wildman–Crippen MR) is 89.8 cm³/mol. The maximum Gasteiger partial charge on any atom is 0.273 e. The largest absolute Gasteiger partial charge is 0.454 e. The van der Waals surface area contributed by atoms with Gasteiger partial charge in [0.25, 0.3) is 5.91 Å². The first-order valence-electron chi connectivity index (χ1n) is 7.55. The van der Waals surface area contributed by atoms with E-state index in [-0.39, 0.29) is 12.7 Å². The molecule has 7 heteroatoms. The molecule has 0 bridgehead atoms. The van der Waals surface area contributed by atoms with Gasteiger partial charge in [-0.15, -0.1) is 11.3 Å². The first-order chi connectivity index (χ1) is 11.2. The molecule has 0 saturated heterocycles. The number of rotatable bonds is 6. The average molecular weight is 333 g/mol. The minimum Gasteiger partial charge on any atom is -0.454 e. The monoisotopic (exact) mass is 333 g/mol. The molecular weight excluding hydrogens is 314 g/mol. The molecule has 0 saturated carbocycles. The highest BCUT2D eigenvalue weighted by atomic mass is 32.1. The third-order valence-corrected chi connectivity index (χ3v) is 4.30. The highest BCUT2D eigenvalue weighted by Gasteiger charge is 2.16. The summed E-state index contributed by atoms with van der Waals surface area (Å²) in [5.41, 5.74) is 1.32. The van der Waals surface area contributed by atoms with E-state index >= 15 is 0 Å². The molecule has 23 heavy (non-hydrogen) atoms. The summed E-state index contributed by atoms with van der Waals surface area (Å²) in [6.45, 7) is 3.10. The molecule has 1 aromatic heterocycles. The van der Waals surface area contributed by atoms with Crippen LogP contribution in [0.2, 0.25) is 0 Å². The number of aromatic nitrogens is 1. The third kappa shape index (κ3) is 3.56. The Morgan fingerprint density at radius 2 is 2.22 bits per heavy atom. The van der Waals surface area contributed by atoms with Gasteiger partial charge in [0, 0.05) is 30.7 Å². The molecule has 122 valence electrons. The van der Waals surface area contributed by atoms with Crippen molar-refractivity contribution in [1.29, 1.82) is 0 Å². The van der Waals surface area contributed by atoms with Gasteiger partial charge in [0.2, 0.25) is 6.79 Å². The lowest BCUT2D eigenvalue weighted by Crippen LogP contribution is -2.27. The normalized spacial score (nSPS) is 12.3. The fourth-order valence-corrected chi connectivity index (χ4v) is 2.92. The van der Waals surface area contributed by atoms with E-state index < -0.39 is 0 Å². The van der Waals surface area contributed by atoms with Crippen LogP contribution in [0.25, 0.3) is 0 Å². The van der Waals surface area contributed by atoms with Gasteiger partial charge in [-0.3, -0.25) is 4.79 Å². The molecule has 0 radical (unpaired) electrons. The van der Waals surface area contributed by atoms with E-state index in [9.17, 15) is 4.79 Å². The van der Waals surface area contributed by atoms with Gasteiger partial charge < -0.3 is 19.7 Å². The van der Waals surface area contributed by atoms with Crippen molar-refractivity contribution in [2.45, 2.75) is 19.8 Å². The zero-order valence-corrected chi connectivity index (χ0v) is 14.0. The number of ether oxygens (including phenoxy) is 2. The molecule has 0 atom stereocenters. The molecule has 2 aromatic rings. The number of anilines is 2. The molecule has 0 spiro atoms. The van der Waals surface area contributed by atoms with Crippen LogP contribution in [-0.2, 0) is 0 Å². The average Bonchev–Trinajstić information content (AvgIpc) is 3.20. The number of carbonyl (C=O) groups excluding carboxylic acids is 1. The minimum absolute atomic E-state index is 0.0477. The molecular formula is C16H19N3O3S. The molecule has 1 N–H and O–H groups in total. The van der Waals surface area contributed by atoms with E-state index in [4.69, 9.17) is 9.47 Å². The summed E-state index contributed by atoms with van der Waals surface area (Å²) in [6.07, 6.45) is 2.06. The van der Waals surface area contributed by atoms with Crippen LogP contribution in [0, 0.1) is 0 Å². The second-order valence-corrected chi connectivity index (χ2v) is 6.17. The molecule has 0 unspecified atom stereocenters. The van der Waals surface area contributed by atoms with Crippen molar-refractivity contribution in [3.63, 3.8) is 0 Å². The molecule has 3 rings (SSSR count). The third-order valence-electron chi connectivity index (χ3n) is 3.54. The fourth-order valence-electron chi connectivity index (χ4n) is 2.22. The van der Waals surface area contributed by atoms with Gasteiger partial charge in [-0.2, -0.15) is 0 Å². The summed E-state index contributed by atoms with van der Waals surface area (Å²) in [4.78, 5) is 18.4. The van der Waals surface area contributed by atoms with Crippen LogP contribution in [-0.4, -0.2) is 36.2 Å². The maximum atomic E-state index is 12.3. The SMILES string of the molecule is CCCCN(C)C(=O)c1csc(Nc2ccc3c(c2)OCO3)n1. The van der Waals surface area contributed by atoms with Crippen molar-refractivity contribution in [2.75, 3.05) is 25.7 Å². The number of hydrogen-bond acceptors (Lipinski definition) is 6. The zero-order valence-electron chi connectivity index (χ0n) is 13.2. The van der Waals surface area contributed by atoms with Gasteiger partial charge >= 0.3 is 0 Å². The Bertz CT molecular complexity index is 702. The number of nitrogens with one attached hydrogen (secondary N) is 1. The Hall–Kier alpha value is -2.28. The molecule has 1 aliphatic rings. The highest BCUT2D eigenvalue weighted by Crippen LogP contribution is 2.35. The first kappa shape index (κ1) is 15.6. The Balaban J connectivity index is 1.66. The number of carbonyl (C=O) groups is 1. The second-order valence-electron chi connectivity index (χ2n) is 5.31. The van der Waals surface area contributed by atoms with E-state index in [1.165, 1.54) is 11.3 Å². The number of hydrogen-bond donors (Lipinski definition) is 1. The Kier molecular flexibility index (Phi) is 4.66. The van der Waals surface area contributed by atoms with Gasteiger partial charge in [-0.1, -0.05) is 13.3 Å². The lowest BCUT2D eigenvalue weighted by atomic mass is 10.3. The van der Waals surface area contributed by atoms with Gasteiger partial charge in [0.1, 0.15) is 5.69 Å². The van der Waals surface area contributed by atoms with Crippen LogP contribution in [0.5, 0.6) is 11.5 Å². The smallest absolute Gasteiger partial charge is 0.273 e. The first-order valence-corrected chi connectivity index (χ1v) is 8.43. The maximum absolute atomic E-state index is 12.3. The van der Waals surface area contributed by atoms with E-state index in [0.717, 1.165) is 30.8 Å². The van der Waals surface area contributed by atoms with Crippen molar-refractivity contribution in [1.82, 2.24) is 9.88 Å². The lowest BCUT2D eigenvalue weighted by molar-refractivity contribution is 0.0788. The van der Waals surface area contributed by atoms with Crippen molar-refractivity contribution >= 4 is 28.1 Å². The summed E-state index contributed by atoms with van der Waals surface area (Å²) < 4.78 is 10.6. The van der Waals surface area contributed by atoms with E-state index in [0.29, 0.717) is 16.6 Å². The van der Waals surface area contributed by atoms with E-state index in [2.05, 4.69) is 17.2 Å². The summed E-state index contributed by atoms with van der Waals surface area (Å²) in [7, 11) is 1.81. The van der Waals surface area contributed by atoms with Crippen LogP contribution in [0.1, 0.15) is 30.3 Å². The van der Waals surface area contributed by atoms with Crippen LogP contribution >= 0.6 is 11.3 Å². The molecule has 1 amide bonds. The summed E-state index contributed by atoms with van der Waals surface area (Å²) in [5.74, 6) is 1.40.